The van der Waals surface area contributed by atoms with Crippen LogP contribution in [0.3, 0.4) is 0 Å². The largest absolute Gasteiger partial charge is 0.430 e. The monoisotopic (exact) mass is 447 g/mol. The number of nitrogens with zero attached hydrogens (tertiary/aromatic N) is 1. The van der Waals surface area contributed by atoms with Crippen LogP contribution in [0.25, 0.3) is 11.1 Å². The molecular weight excluding hydrogens is 424 g/mol. The van der Waals surface area contributed by atoms with Crippen LogP contribution in [0.1, 0.15) is 30.0 Å². The van der Waals surface area contributed by atoms with E-state index in [1.807, 2.05) is 6.07 Å². The lowest BCUT2D eigenvalue weighted by Crippen LogP contribution is -2.53. The van der Waals surface area contributed by atoms with Crippen LogP contribution in [-0.4, -0.2) is 42.4 Å². The highest BCUT2D eigenvalue weighted by Gasteiger charge is 2.71. The van der Waals surface area contributed by atoms with Gasteiger partial charge < -0.3 is 10.0 Å². The van der Waals surface area contributed by atoms with Gasteiger partial charge in [0.2, 0.25) is 6.41 Å². The molecule has 0 saturated heterocycles. The molecule has 2 rings (SSSR count). The molecule has 0 radical (unpaired) electrons. The van der Waals surface area contributed by atoms with Crippen LogP contribution in [0.4, 0.5) is 26.3 Å². The van der Waals surface area contributed by atoms with Crippen LogP contribution in [0.15, 0.2) is 42.5 Å². The number of aliphatic hydroxyl groups is 1. The number of aryl methyl sites for hydroxylation is 1. The Kier molecular flexibility index (Phi) is 7.41. The molecule has 170 valence electrons. The van der Waals surface area contributed by atoms with Crippen molar-refractivity contribution >= 4 is 6.41 Å². The van der Waals surface area contributed by atoms with Crippen LogP contribution in [0.2, 0.25) is 0 Å². The molecule has 0 atom stereocenters. The number of likely N-dealkylation sites (N-methyl/N-ethyl adjacent to an activating group) is 1. The van der Waals surface area contributed by atoms with E-state index in [1.165, 1.54) is 11.0 Å². The van der Waals surface area contributed by atoms with Gasteiger partial charge >= 0.3 is 12.4 Å². The first-order valence-corrected chi connectivity index (χ1v) is 9.59. The van der Waals surface area contributed by atoms with E-state index in [-0.39, 0.29) is 12.0 Å². The molecule has 0 saturated carbocycles. The molecule has 0 fully saturated rings. The van der Waals surface area contributed by atoms with Crippen molar-refractivity contribution in [2.45, 2.75) is 44.1 Å². The van der Waals surface area contributed by atoms with E-state index in [9.17, 15) is 36.2 Å². The Balaban J connectivity index is 2.54. The lowest BCUT2D eigenvalue weighted by Gasteiger charge is -2.33. The molecule has 0 aromatic heterocycles. The maximum atomic E-state index is 13.3. The van der Waals surface area contributed by atoms with Crippen LogP contribution >= 0.6 is 0 Å². The molecule has 0 unspecified atom stereocenters. The van der Waals surface area contributed by atoms with E-state index in [1.54, 1.807) is 32.2 Å². The highest BCUT2D eigenvalue weighted by atomic mass is 19.4. The summed E-state index contributed by atoms with van der Waals surface area (Å²) >= 11 is 0. The fourth-order valence-corrected chi connectivity index (χ4v) is 3.32. The predicted molar refractivity (Wildman–Crippen MR) is 104 cm³/mol. The van der Waals surface area contributed by atoms with Gasteiger partial charge in [-0.25, -0.2) is 0 Å². The van der Waals surface area contributed by atoms with E-state index in [0.717, 1.165) is 11.6 Å². The van der Waals surface area contributed by atoms with Gasteiger partial charge in [0.1, 0.15) is 0 Å². The van der Waals surface area contributed by atoms with Gasteiger partial charge in [0, 0.05) is 19.2 Å². The van der Waals surface area contributed by atoms with Crippen molar-refractivity contribution in [3.63, 3.8) is 0 Å². The highest BCUT2D eigenvalue weighted by Crippen LogP contribution is 2.50. The molecule has 3 nitrogen and oxygen atoms in total. The Morgan fingerprint density at radius 1 is 0.968 bits per heavy atom. The van der Waals surface area contributed by atoms with Gasteiger partial charge in [-0.3, -0.25) is 4.79 Å². The van der Waals surface area contributed by atoms with Gasteiger partial charge in [-0.2, -0.15) is 26.3 Å². The third kappa shape index (κ3) is 5.20. The summed E-state index contributed by atoms with van der Waals surface area (Å²) in [5.41, 5.74) is -3.97. The van der Waals surface area contributed by atoms with Crippen molar-refractivity contribution < 1.29 is 36.2 Å². The normalized spacial score (nSPS) is 12.7. The Hall–Kier alpha value is -2.55. The van der Waals surface area contributed by atoms with E-state index in [4.69, 9.17) is 0 Å². The minimum Gasteiger partial charge on any atom is -0.369 e. The van der Waals surface area contributed by atoms with E-state index >= 15 is 0 Å². The second-order valence-corrected chi connectivity index (χ2v) is 7.36. The first kappa shape index (κ1) is 24.7. The smallest absolute Gasteiger partial charge is 0.369 e. The maximum absolute atomic E-state index is 13.3. The van der Waals surface area contributed by atoms with Gasteiger partial charge in [0.25, 0.3) is 5.60 Å². The lowest BCUT2D eigenvalue weighted by molar-refractivity contribution is -0.376. The first-order valence-electron chi connectivity index (χ1n) is 9.59. The summed E-state index contributed by atoms with van der Waals surface area (Å²) in [7, 11) is 1.62. The number of rotatable bonds is 8. The molecule has 1 N–H and O–H groups in total. The van der Waals surface area contributed by atoms with E-state index in [0.29, 0.717) is 43.0 Å². The number of hydrogen-bond donors (Lipinski definition) is 1. The van der Waals surface area contributed by atoms with Crippen molar-refractivity contribution in [3.05, 3.63) is 59.2 Å². The Labute approximate surface area is 176 Å². The van der Waals surface area contributed by atoms with Crippen LogP contribution < -0.4 is 0 Å². The van der Waals surface area contributed by atoms with E-state index in [2.05, 4.69) is 0 Å². The molecule has 0 bridgehead atoms. The Morgan fingerprint density at radius 3 is 2.16 bits per heavy atom. The lowest BCUT2D eigenvalue weighted by atomic mass is 9.86. The van der Waals surface area contributed by atoms with Crippen LogP contribution in [0, 0.1) is 0 Å². The molecule has 9 heteroatoms. The van der Waals surface area contributed by atoms with Gasteiger partial charge in [0.15, 0.2) is 0 Å². The van der Waals surface area contributed by atoms with Crippen LogP contribution in [-0.2, 0) is 23.2 Å². The first-order chi connectivity index (χ1) is 14.3. The average Bonchev–Trinajstić information content (AvgIpc) is 2.70. The van der Waals surface area contributed by atoms with Gasteiger partial charge in [-0.15, -0.1) is 0 Å². The summed E-state index contributed by atoms with van der Waals surface area (Å²) < 4.78 is 79.6. The van der Waals surface area contributed by atoms with Gasteiger partial charge in [-0.1, -0.05) is 55.8 Å². The van der Waals surface area contributed by atoms with Crippen molar-refractivity contribution in [2.24, 2.45) is 0 Å². The van der Waals surface area contributed by atoms with Crippen molar-refractivity contribution in [1.29, 1.82) is 0 Å². The number of halogens is 6. The SMILES string of the molecule is CCCc1cc(C(O)(C(F)(F)F)C(F)(F)F)ccc1-c1cccc(CCN(C)C=O)c1. The zero-order valence-electron chi connectivity index (χ0n) is 17.0. The highest BCUT2D eigenvalue weighted by molar-refractivity contribution is 5.69. The van der Waals surface area contributed by atoms with E-state index < -0.39 is 23.5 Å². The molecule has 31 heavy (non-hydrogen) atoms. The third-order valence-corrected chi connectivity index (χ3v) is 5.03. The summed E-state index contributed by atoms with van der Waals surface area (Å²) in [5.74, 6) is 0. The number of amides is 1. The summed E-state index contributed by atoms with van der Waals surface area (Å²) in [6.45, 7) is 2.21. The standard InChI is InChI=1S/C22H23F6NO2/c1-3-5-16-13-18(20(31,21(23,24)25)22(26,27)28)8-9-19(16)17-7-4-6-15(12-17)10-11-29(2)14-30/h4,6-9,12-14,31H,3,5,10-11H2,1-2H3. The minimum absolute atomic E-state index is 0.229. The number of carbonyl (C=O) groups excluding carboxylic acids is 1. The number of hydrogen-bond acceptors (Lipinski definition) is 2. The zero-order valence-corrected chi connectivity index (χ0v) is 17.0. The van der Waals surface area contributed by atoms with Crippen molar-refractivity contribution in [3.8, 4) is 11.1 Å². The molecule has 2 aromatic rings. The number of benzene rings is 2. The molecule has 0 heterocycles. The molecule has 0 aliphatic rings. The third-order valence-electron chi connectivity index (χ3n) is 5.03. The van der Waals surface area contributed by atoms with Gasteiger partial charge in [-0.05, 0) is 35.1 Å². The molecule has 0 aliphatic heterocycles. The second-order valence-electron chi connectivity index (χ2n) is 7.36. The topological polar surface area (TPSA) is 40.5 Å². The Bertz CT molecular complexity index is 894. The average molecular weight is 447 g/mol. The molecule has 0 aliphatic carbocycles. The zero-order chi connectivity index (χ0) is 23.4. The predicted octanol–water partition coefficient (Wildman–Crippen LogP) is 5.25. The van der Waals surface area contributed by atoms with Gasteiger partial charge in [0.05, 0.1) is 0 Å². The fourth-order valence-electron chi connectivity index (χ4n) is 3.32. The fraction of sp³-hybridized carbons (Fsp3) is 0.409. The van der Waals surface area contributed by atoms with Crippen LogP contribution in [0.5, 0.6) is 0 Å². The molecular formula is C22H23F6NO2. The second kappa shape index (κ2) is 9.30. The van der Waals surface area contributed by atoms with Crippen molar-refractivity contribution in [2.75, 3.05) is 13.6 Å². The minimum atomic E-state index is -5.93. The van der Waals surface area contributed by atoms with Crippen molar-refractivity contribution in [1.82, 2.24) is 4.90 Å². The number of carbonyl (C=O) groups is 1. The quantitative estimate of drug-likeness (QED) is 0.444. The summed E-state index contributed by atoms with van der Waals surface area (Å²) in [5, 5.41) is 9.72. The summed E-state index contributed by atoms with van der Waals surface area (Å²) in [6, 6.07) is 9.68. The number of alkyl halides is 6. The molecule has 0 spiro atoms. The summed E-state index contributed by atoms with van der Waals surface area (Å²) in [6.07, 6.45) is -9.93. The Morgan fingerprint density at radius 2 is 1.61 bits per heavy atom. The molecule has 1 amide bonds. The maximum Gasteiger partial charge on any atom is 0.430 e. The molecule has 2 aromatic carbocycles. The summed E-state index contributed by atoms with van der Waals surface area (Å²) in [4.78, 5) is 12.2.